The van der Waals surface area contributed by atoms with Crippen molar-refractivity contribution in [3.8, 4) is 0 Å². The SMILES string of the molecule is Cc1ccc(NC(=O)Nc2ccc(N3CCCC3)c(C(=O)N3CCCCC3)c2)cc1. The van der Waals surface area contributed by atoms with E-state index in [0.29, 0.717) is 11.3 Å². The van der Waals surface area contributed by atoms with Crippen LogP contribution < -0.4 is 15.5 Å². The average Bonchev–Trinajstić information content (AvgIpc) is 3.30. The second-order valence-electron chi connectivity index (χ2n) is 8.22. The molecule has 0 aromatic heterocycles. The highest BCUT2D eigenvalue weighted by atomic mass is 16.2. The normalized spacial score (nSPS) is 16.4. The number of hydrogen-bond donors (Lipinski definition) is 2. The first-order valence-electron chi connectivity index (χ1n) is 10.9. The summed E-state index contributed by atoms with van der Waals surface area (Å²) < 4.78 is 0. The Balaban J connectivity index is 1.53. The molecule has 2 fully saturated rings. The van der Waals surface area contributed by atoms with Crippen molar-refractivity contribution in [1.82, 2.24) is 4.90 Å². The van der Waals surface area contributed by atoms with E-state index in [4.69, 9.17) is 0 Å². The number of carbonyl (C=O) groups is 2. The lowest BCUT2D eigenvalue weighted by Gasteiger charge is -2.29. The van der Waals surface area contributed by atoms with Gasteiger partial charge in [0.2, 0.25) is 0 Å². The van der Waals surface area contributed by atoms with Crippen LogP contribution in [-0.4, -0.2) is 43.0 Å². The van der Waals surface area contributed by atoms with Gasteiger partial charge >= 0.3 is 6.03 Å². The Labute approximate surface area is 178 Å². The van der Waals surface area contributed by atoms with E-state index in [1.54, 1.807) is 0 Å². The van der Waals surface area contributed by atoms with Gasteiger partial charge in [-0.2, -0.15) is 0 Å². The molecule has 4 rings (SSSR count). The Morgan fingerprint density at radius 2 is 1.37 bits per heavy atom. The third-order valence-electron chi connectivity index (χ3n) is 5.88. The molecule has 2 heterocycles. The third-order valence-corrected chi connectivity index (χ3v) is 5.88. The Bertz CT molecular complexity index is 898. The van der Waals surface area contributed by atoms with Crippen LogP contribution in [-0.2, 0) is 0 Å². The van der Waals surface area contributed by atoms with Crippen molar-refractivity contribution in [1.29, 1.82) is 0 Å². The summed E-state index contributed by atoms with van der Waals surface area (Å²) in [6.07, 6.45) is 5.60. The molecule has 0 atom stereocenters. The van der Waals surface area contributed by atoms with Gasteiger partial charge in [-0.1, -0.05) is 17.7 Å². The van der Waals surface area contributed by atoms with Crippen LogP contribution in [0.2, 0.25) is 0 Å². The van der Waals surface area contributed by atoms with Crippen molar-refractivity contribution in [2.75, 3.05) is 41.7 Å². The van der Waals surface area contributed by atoms with E-state index in [-0.39, 0.29) is 11.9 Å². The molecular formula is C24H30N4O2. The number of rotatable bonds is 4. The van der Waals surface area contributed by atoms with Gasteiger partial charge in [-0.15, -0.1) is 0 Å². The largest absolute Gasteiger partial charge is 0.371 e. The second kappa shape index (κ2) is 9.20. The Kier molecular flexibility index (Phi) is 6.21. The number of nitrogens with one attached hydrogen (secondary N) is 2. The van der Waals surface area contributed by atoms with E-state index in [9.17, 15) is 9.59 Å². The quantitative estimate of drug-likeness (QED) is 0.762. The third kappa shape index (κ3) is 4.75. The summed E-state index contributed by atoms with van der Waals surface area (Å²) in [5.74, 6) is 0.0687. The molecule has 0 bridgehead atoms. The van der Waals surface area contributed by atoms with E-state index < -0.39 is 0 Å². The van der Waals surface area contributed by atoms with Crippen LogP contribution in [0.15, 0.2) is 42.5 Å². The number of benzene rings is 2. The molecule has 2 saturated heterocycles. The lowest BCUT2D eigenvalue weighted by Crippen LogP contribution is -2.36. The minimum Gasteiger partial charge on any atom is -0.371 e. The molecule has 2 aromatic carbocycles. The highest BCUT2D eigenvalue weighted by Gasteiger charge is 2.25. The van der Waals surface area contributed by atoms with Crippen LogP contribution in [0.25, 0.3) is 0 Å². The van der Waals surface area contributed by atoms with Gasteiger partial charge < -0.3 is 20.4 Å². The molecule has 2 aliphatic heterocycles. The van der Waals surface area contributed by atoms with E-state index in [1.165, 1.54) is 6.42 Å². The van der Waals surface area contributed by atoms with Gasteiger partial charge in [0.1, 0.15) is 0 Å². The standard InChI is InChI=1S/C24H30N4O2/c1-18-7-9-19(10-8-18)25-24(30)26-20-11-12-22(27-13-5-6-14-27)21(17-20)23(29)28-15-3-2-4-16-28/h7-12,17H,2-6,13-16H2,1H3,(H2,25,26,30). The number of urea groups is 1. The molecular weight excluding hydrogens is 376 g/mol. The van der Waals surface area contributed by atoms with Crippen molar-refractivity contribution >= 4 is 29.0 Å². The zero-order valence-corrected chi connectivity index (χ0v) is 17.6. The first kappa shape index (κ1) is 20.3. The van der Waals surface area contributed by atoms with Gasteiger partial charge in [0, 0.05) is 43.2 Å². The van der Waals surface area contributed by atoms with Gasteiger partial charge in [0.05, 0.1) is 5.56 Å². The predicted molar refractivity (Wildman–Crippen MR) is 121 cm³/mol. The number of anilines is 3. The van der Waals surface area contributed by atoms with E-state index in [2.05, 4.69) is 15.5 Å². The van der Waals surface area contributed by atoms with E-state index in [1.807, 2.05) is 54.3 Å². The molecule has 2 aliphatic rings. The van der Waals surface area contributed by atoms with Crippen LogP contribution >= 0.6 is 0 Å². The average molecular weight is 407 g/mol. The summed E-state index contributed by atoms with van der Waals surface area (Å²) in [6, 6.07) is 13.0. The van der Waals surface area contributed by atoms with E-state index >= 15 is 0 Å². The molecule has 158 valence electrons. The highest BCUT2D eigenvalue weighted by Crippen LogP contribution is 2.29. The molecule has 0 spiro atoms. The fraction of sp³-hybridized carbons (Fsp3) is 0.417. The summed E-state index contributed by atoms with van der Waals surface area (Å²) >= 11 is 0. The van der Waals surface area contributed by atoms with Crippen molar-refractivity contribution in [3.05, 3.63) is 53.6 Å². The van der Waals surface area contributed by atoms with Gasteiger partial charge in [-0.25, -0.2) is 4.79 Å². The number of hydrogen-bond acceptors (Lipinski definition) is 3. The summed E-state index contributed by atoms with van der Waals surface area (Å²) in [7, 11) is 0. The monoisotopic (exact) mass is 406 g/mol. The number of carbonyl (C=O) groups excluding carboxylic acids is 2. The van der Waals surface area contributed by atoms with E-state index in [0.717, 1.165) is 68.8 Å². The number of likely N-dealkylation sites (tertiary alicyclic amines) is 1. The first-order chi connectivity index (χ1) is 14.6. The molecule has 3 amide bonds. The lowest BCUT2D eigenvalue weighted by molar-refractivity contribution is 0.0725. The fourth-order valence-corrected chi connectivity index (χ4v) is 4.22. The molecule has 6 heteroatoms. The molecule has 0 radical (unpaired) electrons. The Hall–Kier alpha value is -3.02. The van der Waals surface area contributed by atoms with Crippen LogP contribution in [0.4, 0.5) is 21.9 Å². The summed E-state index contributed by atoms with van der Waals surface area (Å²) in [6.45, 7) is 5.57. The highest BCUT2D eigenvalue weighted by molar-refractivity contribution is 6.04. The minimum atomic E-state index is -0.316. The number of amides is 3. The minimum absolute atomic E-state index is 0.0687. The summed E-state index contributed by atoms with van der Waals surface area (Å²) in [4.78, 5) is 30.0. The Morgan fingerprint density at radius 3 is 2.07 bits per heavy atom. The molecule has 0 aliphatic carbocycles. The zero-order chi connectivity index (χ0) is 20.9. The van der Waals surface area contributed by atoms with Crippen LogP contribution in [0, 0.1) is 6.92 Å². The number of aryl methyl sites for hydroxylation is 1. The van der Waals surface area contributed by atoms with Gasteiger partial charge in [-0.3, -0.25) is 4.79 Å². The molecule has 6 nitrogen and oxygen atoms in total. The fourth-order valence-electron chi connectivity index (χ4n) is 4.22. The number of nitrogens with zero attached hydrogens (tertiary/aromatic N) is 2. The maximum absolute atomic E-state index is 13.3. The van der Waals surface area contributed by atoms with Gasteiger partial charge in [0.15, 0.2) is 0 Å². The summed E-state index contributed by atoms with van der Waals surface area (Å²) in [5.41, 5.74) is 4.16. The molecule has 0 saturated carbocycles. The van der Waals surface area contributed by atoms with Crippen LogP contribution in [0.1, 0.15) is 48.0 Å². The first-order valence-corrected chi connectivity index (χ1v) is 10.9. The molecule has 0 unspecified atom stereocenters. The van der Waals surface area contributed by atoms with Gasteiger partial charge in [-0.05, 0) is 69.4 Å². The maximum Gasteiger partial charge on any atom is 0.323 e. The summed E-state index contributed by atoms with van der Waals surface area (Å²) in [5, 5.41) is 5.73. The van der Waals surface area contributed by atoms with Crippen LogP contribution in [0.3, 0.4) is 0 Å². The maximum atomic E-state index is 13.3. The smallest absolute Gasteiger partial charge is 0.323 e. The predicted octanol–water partition coefficient (Wildman–Crippen LogP) is 4.87. The van der Waals surface area contributed by atoms with Crippen LogP contribution in [0.5, 0.6) is 0 Å². The molecule has 2 aromatic rings. The van der Waals surface area contributed by atoms with Gasteiger partial charge in [0.25, 0.3) is 5.91 Å². The Morgan fingerprint density at radius 1 is 0.767 bits per heavy atom. The number of piperidine rings is 1. The second-order valence-corrected chi connectivity index (χ2v) is 8.22. The van der Waals surface area contributed by atoms with Crippen molar-refractivity contribution in [3.63, 3.8) is 0 Å². The van der Waals surface area contributed by atoms with Crippen molar-refractivity contribution < 1.29 is 9.59 Å². The zero-order valence-electron chi connectivity index (χ0n) is 17.6. The van der Waals surface area contributed by atoms with Crippen molar-refractivity contribution in [2.24, 2.45) is 0 Å². The topological polar surface area (TPSA) is 64.7 Å². The lowest BCUT2D eigenvalue weighted by atomic mass is 10.1. The molecule has 30 heavy (non-hydrogen) atoms. The molecule has 2 N–H and O–H groups in total. The van der Waals surface area contributed by atoms with Crippen molar-refractivity contribution in [2.45, 2.75) is 39.0 Å².